The minimum absolute atomic E-state index is 0.184. The first-order valence-corrected chi connectivity index (χ1v) is 7.39. The Kier molecular flexibility index (Phi) is 4.42. The van der Waals surface area contributed by atoms with E-state index < -0.39 is 0 Å². The van der Waals surface area contributed by atoms with Crippen molar-refractivity contribution in [1.29, 1.82) is 0 Å². The molecule has 1 unspecified atom stereocenters. The predicted octanol–water partition coefficient (Wildman–Crippen LogP) is 2.63. The number of benzene rings is 1. The summed E-state index contributed by atoms with van der Waals surface area (Å²) in [6, 6.07) is 5.94. The van der Waals surface area contributed by atoms with Gasteiger partial charge in [0, 0.05) is 41.8 Å². The van der Waals surface area contributed by atoms with Crippen LogP contribution < -0.4 is 4.90 Å². The molecular weight excluding hydrogens is 310 g/mol. The summed E-state index contributed by atoms with van der Waals surface area (Å²) in [6.45, 7) is 1.98. The Hall–Kier alpha value is -1.14. The van der Waals surface area contributed by atoms with E-state index in [1.807, 2.05) is 12.1 Å². The van der Waals surface area contributed by atoms with Gasteiger partial charge in [-0.05, 0) is 32.6 Å². The number of nitrogens with zero attached hydrogens (tertiary/aromatic N) is 3. The van der Waals surface area contributed by atoms with Crippen LogP contribution in [0, 0.1) is 10.1 Å². The van der Waals surface area contributed by atoms with Crippen molar-refractivity contribution in [3.8, 4) is 0 Å². The quantitative estimate of drug-likeness (QED) is 0.484. The van der Waals surface area contributed by atoms with Crippen LogP contribution in [0.2, 0.25) is 0 Å². The second kappa shape index (κ2) is 5.88. The monoisotopic (exact) mass is 327 g/mol. The summed E-state index contributed by atoms with van der Waals surface area (Å²) in [5.74, 6) is 0. The zero-order valence-corrected chi connectivity index (χ0v) is 12.8. The van der Waals surface area contributed by atoms with Gasteiger partial charge in [-0.2, -0.15) is 0 Å². The Balaban J connectivity index is 2.20. The molecule has 1 aliphatic heterocycles. The number of likely N-dealkylation sites (N-methyl/N-ethyl adjacent to an activating group) is 1. The molecular formula is C13H18BrN3O2. The van der Waals surface area contributed by atoms with E-state index in [2.05, 4.69) is 39.8 Å². The molecule has 0 saturated carbocycles. The van der Waals surface area contributed by atoms with Gasteiger partial charge in [-0.1, -0.05) is 15.9 Å². The molecule has 1 aromatic rings. The second-order valence-electron chi connectivity index (χ2n) is 5.06. The lowest BCUT2D eigenvalue weighted by Gasteiger charge is -2.22. The van der Waals surface area contributed by atoms with Gasteiger partial charge in [-0.25, -0.2) is 0 Å². The Labute approximate surface area is 121 Å². The highest BCUT2D eigenvalue weighted by atomic mass is 79.9. The van der Waals surface area contributed by atoms with Crippen molar-refractivity contribution in [3.05, 3.63) is 33.9 Å². The van der Waals surface area contributed by atoms with Crippen LogP contribution in [0.5, 0.6) is 0 Å². The van der Waals surface area contributed by atoms with E-state index in [9.17, 15) is 10.1 Å². The molecule has 1 atom stereocenters. The van der Waals surface area contributed by atoms with Crippen LogP contribution in [0.25, 0.3) is 0 Å². The van der Waals surface area contributed by atoms with Gasteiger partial charge in [0.2, 0.25) is 0 Å². The SMILES string of the molecule is CN(C)C1CCN(c2ccc([N+](=O)[O-])c(CBr)c2)C1. The van der Waals surface area contributed by atoms with Crippen molar-refractivity contribution >= 4 is 27.3 Å². The van der Waals surface area contributed by atoms with Crippen LogP contribution in [-0.4, -0.2) is 43.0 Å². The van der Waals surface area contributed by atoms with Gasteiger partial charge in [0.15, 0.2) is 0 Å². The molecule has 1 aromatic carbocycles. The number of alkyl halides is 1. The highest BCUT2D eigenvalue weighted by Crippen LogP contribution is 2.29. The topological polar surface area (TPSA) is 49.6 Å². The number of nitro benzene ring substituents is 1. The fraction of sp³-hybridized carbons (Fsp3) is 0.538. The zero-order valence-electron chi connectivity index (χ0n) is 11.2. The van der Waals surface area contributed by atoms with Crippen LogP contribution in [0.3, 0.4) is 0 Å². The first-order valence-electron chi connectivity index (χ1n) is 6.27. The average Bonchev–Trinajstić information content (AvgIpc) is 2.87. The highest BCUT2D eigenvalue weighted by Gasteiger charge is 2.25. The zero-order chi connectivity index (χ0) is 14.0. The van der Waals surface area contributed by atoms with E-state index in [1.165, 1.54) is 0 Å². The van der Waals surface area contributed by atoms with Crippen molar-refractivity contribution in [2.45, 2.75) is 17.8 Å². The van der Waals surface area contributed by atoms with Crippen molar-refractivity contribution in [1.82, 2.24) is 4.90 Å². The summed E-state index contributed by atoms with van der Waals surface area (Å²) in [5, 5.41) is 11.4. The highest BCUT2D eigenvalue weighted by molar-refractivity contribution is 9.08. The Morgan fingerprint density at radius 2 is 2.26 bits per heavy atom. The number of hydrogen-bond acceptors (Lipinski definition) is 4. The molecule has 104 valence electrons. The van der Waals surface area contributed by atoms with Gasteiger partial charge < -0.3 is 9.80 Å². The summed E-state index contributed by atoms with van der Waals surface area (Å²) >= 11 is 3.32. The van der Waals surface area contributed by atoms with Gasteiger partial charge in [-0.3, -0.25) is 10.1 Å². The summed E-state index contributed by atoms with van der Waals surface area (Å²) < 4.78 is 0. The smallest absolute Gasteiger partial charge is 0.273 e. The van der Waals surface area contributed by atoms with Gasteiger partial charge in [0.05, 0.1) is 4.92 Å². The normalized spacial score (nSPS) is 19.2. The number of nitro groups is 1. The van der Waals surface area contributed by atoms with Gasteiger partial charge >= 0.3 is 0 Å². The number of halogens is 1. The average molecular weight is 328 g/mol. The van der Waals surface area contributed by atoms with E-state index >= 15 is 0 Å². The maximum atomic E-state index is 10.9. The summed E-state index contributed by atoms with van der Waals surface area (Å²) in [5.41, 5.74) is 1.99. The molecule has 0 bridgehead atoms. The predicted molar refractivity (Wildman–Crippen MR) is 80.0 cm³/mol. The maximum absolute atomic E-state index is 10.9. The molecule has 1 fully saturated rings. The molecule has 0 radical (unpaired) electrons. The van der Waals surface area contributed by atoms with Gasteiger partial charge in [-0.15, -0.1) is 0 Å². The van der Waals surface area contributed by atoms with E-state index in [0.717, 1.165) is 30.8 Å². The summed E-state index contributed by atoms with van der Waals surface area (Å²) in [7, 11) is 4.18. The third kappa shape index (κ3) is 3.06. The molecule has 0 aromatic heterocycles. The molecule has 19 heavy (non-hydrogen) atoms. The first kappa shape index (κ1) is 14.3. The Morgan fingerprint density at radius 3 is 2.79 bits per heavy atom. The van der Waals surface area contributed by atoms with Gasteiger partial charge in [0.1, 0.15) is 0 Å². The van der Waals surface area contributed by atoms with E-state index in [4.69, 9.17) is 0 Å². The van der Waals surface area contributed by atoms with Crippen LogP contribution in [0.4, 0.5) is 11.4 Å². The van der Waals surface area contributed by atoms with E-state index in [1.54, 1.807) is 6.07 Å². The second-order valence-corrected chi connectivity index (χ2v) is 5.62. The van der Waals surface area contributed by atoms with Crippen LogP contribution in [0.15, 0.2) is 18.2 Å². The fourth-order valence-corrected chi connectivity index (χ4v) is 2.90. The number of rotatable bonds is 4. The fourth-order valence-electron chi connectivity index (χ4n) is 2.45. The summed E-state index contributed by atoms with van der Waals surface area (Å²) in [6.07, 6.45) is 1.13. The lowest BCUT2D eigenvalue weighted by atomic mass is 10.1. The maximum Gasteiger partial charge on any atom is 0.273 e. The third-order valence-corrected chi connectivity index (χ3v) is 4.27. The molecule has 1 aliphatic rings. The Morgan fingerprint density at radius 1 is 1.53 bits per heavy atom. The first-order chi connectivity index (χ1) is 9.02. The van der Waals surface area contributed by atoms with Crippen LogP contribution >= 0.6 is 15.9 Å². The molecule has 2 rings (SSSR count). The lowest BCUT2D eigenvalue weighted by molar-refractivity contribution is -0.385. The van der Waals surface area contributed by atoms with Gasteiger partial charge in [0.25, 0.3) is 5.69 Å². The van der Waals surface area contributed by atoms with E-state index in [-0.39, 0.29) is 10.6 Å². The molecule has 0 amide bonds. The Bertz CT molecular complexity index is 479. The van der Waals surface area contributed by atoms with Crippen molar-refractivity contribution in [2.24, 2.45) is 0 Å². The van der Waals surface area contributed by atoms with Crippen molar-refractivity contribution < 1.29 is 4.92 Å². The minimum atomic E-state index is -0.326. The lowest BCUT2D eigenvalue weighted by Crippen LogP contribution is -2.31. The van der Waals surface area contributed by atoms with Crippen LogP contribution in [0.1, 0.15) is 12.0 Å². The molecule has 5 nitrogen and oxygen atoms in total. The molecule has 1 saturated heterocycles. The summed E-state index contributed by atoms with van der Waals surface area (Å²) in [4.78, 5) is 15.1. The largest absolute Gasteiger partial charge is 0.370 e. The van der Waals surface area contributed by atoms with Crippen molar-refractivity contribution in [2.75, 3.05) is 32.1 Å². The minimum Gasteiger partial charge on any atom is -0.370 e. The van der Waals surface area contributed by atoms with Crippen LogP contribution in [-0.2, 0) is 5.33 Å². The number of hydrogen-bond donors (Lipinski definition) is 0. The third-order valence-electron chi connectivity index (χ3n) is 3.66. The molecule has 6 heteroatoms. The standard InChI is InChI=1S/C13H18BrN3O2/c1-15(2)12-5-6-16(9-12)11-3-4-13(17(18)19)10(7-11)8-14/h3-4,7,12H,5-6,8-9H2,1-2H3. The van der Waals surface area contributed by atoms with Crippen molar-refractivity contribution in [3.63, 3.8) is 0 Å². The molecule has 0 N–H and O–H groups in total. The van der Waals surface area contributed by atoms with E-state index in [0.29, 0.717) is 11.4 Å². The molecule has 1 heterocycles. The molecule has 0 spiro atoms. The number of anilines is 1. The molecule has 0 aliphatic carbocycles.